The number of ketones is 1. The van der Waals surface area contributed by atoms with Crippen molar-refractivity contribution in [2.24, 2.45) is 0 Å². The monoisotopic (exact) mass is 250 g/mol. The van der Waals surface area contributed by atoms with Crippen LogP contribution in [-0.4, -0.2) is 25.8 Å². The van der Waals surface area contributed by atoms with Gasteiger partial charge in [0, 0.05) is 13.5 Å². The lowest BCUT2D eigenvalue weighted by atomic mass is 10.0. The number of hydrogen-bond acceptors (Lipinski definition) is 3. The Morgan fingerprint density at radius 3 is 2.56 bits per heavy atom. The van der Waals surface area contributed by atoms with Crippen molar-refractivity contribution in [3.05, 3.63) is 35.9 Å². The quantitative estimate of drug-likeness (QED) is 0.632. The van der Waals surface area contributed by atoms with E-state index in [1.54, 1.807) is 14.0 Å². The smallest absolute Gasteiger partial charge is 0.146 e. The molecule has 0 fully saturated rings. The van der Waals surface area contributed by atoms with Gasteiger partial charge in [0.05, 0.1) is 6.10 Å². The lowest BCUT2D eigenvalue weighted by molar-refractivity contribution is -0.119. The van der Waals surface area contributed by atoms with E-state index in [4.69, 9.17) is 9.47 Å². The number of methoxy groups -OCH3 is 1. The van der Waals surface area contributed by atoms with Gasteiger partial charge in [0.2, 0.25) is 0 Å². The maximum absolute atomic E-state index is 11.0. The SMILES string of the molecule is COCO[C@@H](CCC(C)=O)CCc1ccccc1. The Balaban J connectivity index is 2.37. The number of carbonyl (C=O) groups excluding carboxylic acids is 1. The van der Waals surface area contributed by atoms with Crippen molar-refractivity contribution < 1.29 is 14.3 Å². The third-order valence-corrected chi connectivity index (χ3v) is 2.84. The highest BCUT2D eigenvalue weighted by molar-refractivity contribution is 5.75. The Bertz CT molecular complexity index is 335. The number of aryl methyl sites for hydroxylation is 1. The van der Waals surface area contributed by atoms with Crippen LogP contribution in [0.15, 0.2) is 30.3 Å². The molecule has 18 heavy (non-hydrogen) atoms. The van der Waals surface area contributed by atoms with Crippen LogP contribution in [0.3, 0.4) is 0 Å². The molecule has 0 spiro atoms. The summed E-state index contributed by atoms with van der Waals surface area (Å²) in [6, 6.07) is 10.3. The molecule has 3 heteroatoms. The van der Waals surface area contributed by atoms with Crippen molar-refractivity contribution in [2.75, 3.05) is 13.9 Å². The van der Waals surface area contributed by atoms with Crippen LogP contribution in [0.25, 0.3) is 0 Å². The molecule has 0 aliphatic carbocycles. The van der Waals surface area contributed by atoms with E-state index in [2.05, 4.69) is 12.1 Å². The van der Waals surface area contributed by atoms with Crippen molar-refractivity contribution in [2.45, 2.75) is 38.7 Å². The van der Waals surface area contributed by atoms with Gasteiger partial charge in [0.15, 0.2) is 0 Å². The van der Waals surface area contributed by atoms with Crippen LogP contribution < -0.4 is 0 Å². The first-order valence-electron chi connectivity index (χ1n) is 6.36. The summed E-state index contributed by atoms with van der Waals surface area (Å²) in [5.74, 6) is 0.209. The second kappa shape index (κ2) is 8.84. The van der Waals surface area contributed by atoms with E-state index in [-0.39, 0.29) is 18.7 Å². The number of ether oxygens (including phenoxy) is 2. The van der Waals surface area contributed by atoms with Crippen LogP contribution in [-0.2, 0) is 20.7 Å². The molecule has 0 aliphatic heterocycles. The van der Waals surface area contributed by atoms with Gasteiger partial charge < -0.3 is 14.3 Å². The fourth-order valence-electron chi connectivity index (χ4n) is 1.81. The lowest BCUT2D eigenvalue weighted by Crippen LogP contribution is -2.17. The second-order valence-corrected chi connectivity index (χ2v) is 4.46. The van der Waals surface area contributed by atoms with Crippen LogP contribution in [0.1, 0.15) is 31.7 Å². The zero-order valence-electron chi connectivity index (χ0n) is 11.2. The zero-order chi connectivity index (χ0) is 13.2. The van der Waals surface area contributed by atoms with Gasteiger partial charge in [-0.15, -0.1) is 0 Å². The summed E-state index contributed by atoms with van der Waals surface area (Å²) < 4.78 is 10.5. The predicted octanol–water partition coefficient (Wildman–Crippen LogP) is 2.98. The van der Waals surface area contributed by atoms with Crippen molar-refractivity contribution in [3.8, 4) is 0 Å². The van der Waals surface area contributed by atoms with E-state index < -0.39 is 0 Å². The summed E-state index contributed by atoms with van der Waals surface area (Å²) in [4.78, 5) is 11.0. The molecule has 0 saturated heterocycles. The Morgan fingerprint density at radius 2 is 1.94 bits per heavy atom. The Hall–Kier alpha value is -1.19. The average Bonchev–Trinajstić information content (AvgIpc) is 2.39. The van der Waals surface area contributed by atoms with Crippen molar-refractivity contribution in [3.63, 3.8) is 0 Å². The van der Waals surface area contributed by atoms with Crippen molar-refractivity contribution in [1.29, 1.82) is 0 Å². The Kier molecular flexibility index (Phi) is 7.30. The first kappa shape index (κ1) is 14.9. The third kappa shape index (κ3) is 6.52. The predicted molar refractivity (Wildman–Crippen MR) is 71.4 cm³/mol. The molecule has 0 heterocycles. The molecule has 0 radical (unpaired) electrons. The first-order valence-corrected chi connectivity index (χ1v) is 6.36. The average molecular weight is 250 g/mol. The molecule has 1 aromatic carbocycles. The minimum Gasteiger partial charge on any atom is -0.359 e. The molecular formula is C15H22O3. The number of hydrogen-bond donors (Lipinski definition) is 0. The van der Waals surface area contributed by atoms with E-state index >= 15 is 0 Å². The van der Waals surface area contributed by atoms with Gasteiger partial charge in [-0.1, -0.05) is 30.3 Å². The Morgan fingerprint density at radius 1 is 1.22 bits per heavy atom. The second-order valence-electron chi connectivity index (χ2n) is 4.46. The minimum absolute atomic E-state index is 0.0917. The van der Waals surface area contributed by atoms with Gasteiger partial charge in [-0.25, -0.2) is 0 Å². The number of benzene rings is 1. The molecule has 1 rings (SSSR count). The Labute approximate surface area is 109 Å². The van der Waals surface area contributed by atoms with Gasteiger partial charge in [-0.3, -0.25) is 0 Å². The van der Waals surface area contributed by atoms with Gasteiger partial charge in [0.1, 0.15) is 12.6 Å². The number of Topliss-reactive ketones (excluding diaryl/α,β-unsaturated/α-hetero) is 1. The molecule has 0 aromatic heterocycles. The summed E-state index contributed by atoms with van der Waals surface area (Å²) in [7, 11) is 1.61. The standard InChI is InChI=1S/C15H22O3/c1-13(16)8-10-15(18-12-17-2)11-9-14-6-4-3-5-7-14/h3-7,15H,8-12H2,1-2H3/t15-/m0/s1. The van der Waals surface area contributed by atoms with Gasteiger partial charge in [0.25, 0.3) is 0 Å². The summed E-state index contributed by atoms with van der Waals surface area (Å²) in [5.41, 5.74) is 1.30. The van der Waals surface area contributed by atoms with Crippen molar-refractivity contribution >= 4 is 5.78 Å². The molecule has 3 nitrogen and oxygen atoms in total. The molecule has 0 unspecified atom stereocenters. The summed E-state index contributed by atoms with van der Waals surface area (Å²) in [6.45, 7) is 1.90. The lowest BCUT2D eigenvalue weighted by Gasteiger charge is -2.16. The summed E-state index contributed by atoms with van der Waals surface area (Å²) in [5, 5.41) is 0. The fourth-order valence-corrected chi connectivity index (χ4v) is 1.81. The van der Waals surface area contributed by atoms with Crippen LogP contribution in [0.4, 0.5) is 0 Å². The van der Waals surface area contributed by atoms with Crippen LogP contribution >= 0.6 is 0 Å². The molecule has 0 saturated carbocycles. The zero-order valence-corrected chi connectivity index (χ0v) is 11.2. The maximum Gasteiger partial charge on any atom is 0.146 e. The highest BCUT2D eigenvalue weighted by Crippen LogP contribution is 2.12. The van der Waals surface area contributed by atoms with Crippen LogP contribution in [0, 0.1) is 0 Å². The molecule has 1 atom stereocenters. The summed E-state index contributed by atoms with van der Waals surface area (Å²) in [6.07, 6.45) is 3.32. The highest BCUT2D eigenvalue weighted by Gasteiger charge is 2.10. The normalized spacial score (nSPS) is 12.3. The molecule has 1 aromatic rings. The maximum atomic E-state index is 11.0. The van der Waals surface area contributed by atoms with E-state index in [0.717, 1.165) is 19.3 Å². The third-order valence-electron chi connectivity index (χ3n) is 2.84. The molecular weight excluding hydrogens is 228 g/mol. The first-order chi connectivity index (χ1) is 8.72. The molecule has 0 amide bonds. The van der Waals surface area contributed by atoms with Gasteiger partial charge >= 0.3 is 0 Å². The highest BCUT2D eigenvalue weighted by atomic mass is 16.7. The van der Waals surface area contributed by atoms with Gasteiger partial charge in [-0.2, -0.15) is 0 Å². The molecule has 100 valence electrons. The fraction of sp³-hybridized carbons (Fsp3) is 0.533. The van der Waals surface area contributed by atoms with Crippen LogP contribution in [0.2, 0.25) is 0 Å². The van der Waals surface area contributed by atoms with Crippen LogP contribution in [0.5, 0.6) is 0 Å². The number of rotatable bonds is 9. The van der Waals surface area contributed by atoms with E-state index in [1.807, 2.05) is 18.2 Å². The molecule has 0 N–H and O–H groups in total. The molecule has 0 aliphatic rings. The van der Waals surface area contributed by atoms with E-state index in [1.165, 1.54) is 5.56 Å². The minimum atomic E-state index is 0.0917. The van der Waals surface area contributed by atoms with E-state index in [0.29, 0.717) is 6.42 Å². The van der Waals surface area contributed by atoms with E-state index in [9.17, 15) is 4.79 Å². The van der Waals surface area contributed by atoms with Crippen molar-refractivity contribution in [1.82, 2.24) is 0 Å². The van der Waals surface area contributed by atoms with Gasteiger partial charge in [-0.05, 0) is 31.7 Å². The largest absolute Gasteiger partial charge is 0.359 e. The summed E-state index contributed by atoms with van der Waals surface area (Å²) >= 11 is 0. The topological polar surface area (TPSA) is 35.5 Å². The number of carbonyl (C=O) groups is 1. The molecule has 0 bridgehead atoms.